The molecule has 0 aliphatic heterocycles. The van der Waals surface area contributed by atoms with E-state index in [1.807, 2.05) is 27.7 Å². The van der Waals surface area contributed by atoms with Gasteiger partial charge in [0.1, 0.15) is 0 Å². The van der Waals surface area contributed by atoms with Crippen molar-refractivity contribution in [1.29, 1.82) is 0 Å². The van der Waals surface area contributed by atoms with E-state index in [2.05, 4.69) is 27.7 Å². The van der Waals surface area contributed by atoms with Crippen LogP contribution in [-0.4, -0.2) is 25.2 Å². The summed E-state index contributed by atoms with van der Waals surface area (Å²) in [5.74, 6) is 0.326. The lowest BCUT2D eigenvalue weighted by molar-refractivity contribution is -0.163. The van der Waals surface area contributed by atoms with Crippen molar-refractivity contribution in [2.45, 2.75) is 61.8 Å². The quantitative estimate of drug-likeness (QED) is 0.446. The standard InChI is InChI=1S/C23H38O4/c1-12(2)10-26-22(24)20-16-9-17(19(15(7)8)18(16)14(5)6)21(20)23(25)27-11-13(3)4/h12-17,20-21H,9-11H2,1-8H3. The van der Waals surface area contributed by atoms with Crippen molar-refractivity contribution < 1.29 is 19.1 Å². The van der Waals surface area contributed by atoms with Crippen molar-refractivity contribution in [1.82, 2.24) is 0 Å². The first-order chi connectivity index (χ1) is 12.6. The molecule has 154 valence electrons. The van der Waals surface area contributed by atoms with E-state index in [0.717, 1.165) is 6.42 Å². The molecule has 4 unspecified atom stereocenters. The van der Waals surface area contributed by atoms with Crippen molar-refractivity contribution in [2.75, 3.05) is 13.2 Å². The third-order valence-electron chi connectivity index (χ3n) is 5.80. The first-order valence-corrected chi connectivity index (χ1v) is 10.6. The summed E-state index contributed by atoms with van der Waals surface area (Å²) in [6.07, 6.45) is 0.879. The maximum absolute atomic E-state index is 13.0. The molecule has 2 aliphatic rings. The Balaban J connectivity index is 2.36. The molecule has 1 saturated carbocycles. The molecule has 27 heavy (non-hydrogen) atoms. The largest absolute Gasteiger partial charge is 0.465 e. The molecule has 0 heterocycles. The highest BCUT2D eigenvalue weighted by Crippen LogP contribution is 2.59. The summed E-state index contributed by atoms with van der Waals surface area (Å²) in [6, 6.07) is 0. The smallest absolute Gasteiger partial charge is 0.310 e. The van der Waals surface area contributed by atoms with Gasteiger partial charge in [-0.25, -0.2) is 0 Å². The van der Waals surface area contributed by atoms with E-state index in [0.29, 0.717) is 25.0 Å². The molecule has 4 nitrogen and oxygen atoms in total. The van der Waals surface area contributed by atoms with Crippen LogP contribution in [0.1, 0.15) is 61.8 Å². The molecule has 0 N–H and O–H groups in total. The number of hydrogen-bond donors (Lipinski definition) is 0. The molecule has 0 aromatic heterocycles. The van der Waals surface area contributed by atoms with Crippen LogP contribution >= 0.6 is 0 Å². The Bertz CT molecular complexity index is 535. The zero-order valence-corrected chi connectivity index (χ0v) is 18.4. The molecule has 4 heteroatoms. The molecular formula is C23H38O4. The molecule has 0 saturated heterocycles. The van der Waals surface area contributed by atoms with Crippen LogP contribution in [0.25, 0.3) is 0 Å². The molecule has 2 rings (SSSR count). The molecule has 2 bridgehead atoms. The van der Waals surface area contributed by atoms with Gasteiger partial charge in [0.15, 0.2) is 0 Å². The van der Waals surface area contributed by atoms with E-state index in [-0.39, 0.29) is 35.6 Å². The fourth-order valence-electron chi connectivity index (χ4n) is 4.97. The van der Waals surface area contributed by atoms with Crippen LogP contribution in [0, 0.1) is 47.3 Å². The molecular weight excluding hydrogens is 340 g/mol. The van der Waals surface area contributed by atoms with Crippen molar-refractivity contribution in [3.05, 3.63) is 11.1 Å². The Morgan fingerprint density at radius 2 is 1.07 bits per heavy atom. The van der Waals surface area contributed by atoms with Gasteiger partial charge in [-0.2, -0.15) is 0 Å². The van der Waals surface area contributed by atoms with Gasteiger partial charge in [0.05, 0.1) is 25.0 Å². The van der Waals surface area contributed by atoms with E-state index >= 15 is 0 Å². The van der Waals surface area contributed by atoms with Gasteiger partial charge in [0, 0.05) is 0 Å². The normalized spacial score (nSPS) is 27.4. The molecule has 4 atom stereocenters. The molecule has 0 radical (unpaired) electrons. The van der Waals surface area contributed by atoms with Crippen LogP contribution in [0.15, 0.2) is 11.1 Å². The van der Waals surface area contributed by atoms with Gasteiger partial charge in [-0.15, -0.1) is 0 Å². The zero-order valence-electron chi connectivity index (χ0n) is 18.4. The Morgan fingerprint density at radius 1 is 0.741 bits per heavy atom. The Morgan fingerprint density at radius 3 is 1.33 bits per heavy atom. The molecule has 0 amide bonds. The van der Waals surface area contributed by atoms with Gasteiger partial charge in [0.25, 0.3) is 0 Å². The second kappa shape index (κ2) is 8.79. The van der Waals surface area contributed by atoms with Crippen molar-refractivity contribution in [3.63, 3.8) is 0 Å². The summed E-state index contributed by atoms with van der Waals surface area (Å²) < 4.78 is 11.2. The third-order valence-corrected chi connectivity index (χ3v) is 5.80. The summed E-state index contributed by atoms with van der Waals surface area (Å²) in [6.45, 7) is 17.7. The van der Waals surface area contributed by atoms with E-state index in [1.54, 1.807) is 0 Å². The Labute approximate surface area is 165 Å². The third kappa shape index (κ3) is 4.57. The molecule has 0 aromatic rings. The first kappa shape index (κ1) is 22.0. The summed E-state index contributed by atoms with van der Waals surface area (Å²) in [5, 5.41) is 0. The average Bonchev–Trinajstić information content (AvgIpc) is 3.13. The summed E-state index contributed by atoms with van der Waals surface area (Å²) in [5.41, 5.74) is 2.77. The van der Waals surface area contributed by atoms with Crippen LogP contribution in [0.5, 0.6) is 0 Å². The monoisotopic (exact) mass is 378 g/mol. The number of allylic oxidation sites excluding steroid dienone is 2. The number of rotatable bonds is 8. The maximum Gasteiger partial charge on any atom is 0.310 e. The van der Waals surface area contributed by atoms with E-state index in [9.17, 15) is 9.59 Å². The van der Waals surface area contributed by atoms with Crippen LogP contribution < -0.4 is 0 Å². The van der Waals surface area contributed by atoms with Gasteiger partial charge in [0.2, 0.25) is 0 Å². The average molecular weight is 379 g/mol. The fourth-order valence-corrected chi connectivity index (χ4v) is 4.97. The predicted octanol–water partition coefficient (Wildman–Crippen LogP) is 4.88. The molecule has 0 aromatic carbocycles. The molecule has 0 spiro atoms. The summed E-state index contributed by atoms with van der Waals surface area (Å²) in [4.78, 5) is 26.0. The highest BCUT2D eigenvalue weighted by molar-refractivity contribution is 5.85. The topological polar surface area (TPSA) is 52.6 Å². The zero-order chi connectivity index (χ0) is 20.5. The minimum absolute atomic E-state index is 0.115. The van der Waals surface area contributed by atoms with E-state index < -0.39 is 11.8 Å². The Hall–Kier alpha value is -1.32. The van der Waals surface area contributed by atoms with E-state index in [4.69, 9.17) is 9.47 Å². The van der Waals surface area contributed by atoms with Crippen molar-refractivity contribution in [3.8, 4) is 0 Å². The van der Waals surface area contributed by atoms with Crippen LogP contribution in [0.2, 0.25) is 0 Å². The SMILES string of the molecule is CC(C)COC(=O)C1C2CC(C(C(C)C)=C2C(C)C)C1C(=O)OCC(C)C. The van der Waals surface area contributed by atoms with Gasteiger partial charge in [-0.05, 0) is 41.9 Å². The highest BCUT2D eigenvalue weighted by Gasteiger charge is 2.59. The van der Waals surface area contributed by atoms with Crippen LogP contribution in [0.4, 0.5) is 0 Å². The number of hydrogen-bond acceptors (Lipinski definition) is 4. The number of carbonyl (C=O) groups excluding carboxylic acids is 2. The second-order valence-electron chi connectivity index (χ2n) is 9.77. The molecule has 2 aliphatic carbocycles. The number of fused-ring (bicyclic) bond motifs is 2. The number of esters is 2. The Kier molecular flexibility index (Phi) is 7.15. The molecule has 1 fully saturated rings. The maximum atomic E-state index is 13.0. The lowest BCUT2D eigenvalue weighted by Gasteiger charge is -2.35. The van der Waals surface area contributed by atoms with Crippen molar-refractivity contribution >= 4 is 11.9 Å². The van der Waals surface area contributed by atoms with E-state index in [1.165, 1.54) is 11.1 Å². The summed E-state index contributed by atoms with van der Waals surface area (Å²) in [7, 11) is 0. The first-order valence-electron chi connectivity index (χ1n) is 10.6. The lowest BCUT2D eigenvalue weighted by Crippen LogP contribution is -2.40. The van der Waals surface area contributed by atoms with Gasteiger partial charge < -0.3 is 9.47 Å². The number of ether oxygens (including phenoxy) is 2. The predicted molar refractivity (Wildman–Crippen MR) is 107 cm³/mol. The van der Waals surface area contributed by atoms with Crippen LogP contribution in [-0.2, 0) is 19.1 Å². The van der Waals surface area contributed by atoms with Gasteiger partial charge in [-0.3, -0.25) is 9.59 Å². The summed E-state index contributed by atoms with van der Waals surface area (Å²) >= 11 is 0. The van der Waals surface area contributed by atoms with Crippen LogP contribution in [0.3, 0.4) is 0 Å². The highest BCUT2D eigenvalue weighted by atomic mass is 16.5. The minimum Gasteiger partial charge on any atom is -0.465 e. The van der Waals surface area contributed by atoms with Gasteiger partial charge >= 0.3 is 11.9 Å². The number of carbonyl (C=O) groups is 2. The second-order valence-corrected chi connectivity index (χ2v) is 9.77. The minimum atomic E-state index is -0.395. The lowest BCUT2D eigenvalue weighted by atomic mass is 9.70. The van der Waals surface area contributed by atoms with Gasteiger partial charge in [-0.1, -0.05) is 66.5 Å². The van der Waals surface area contributed by atoms with Crippen molar-refractivity contribution in [2.24, 2.45) is 47.3 Å². The fraction of sp³-hybridized carbons (Fsp3) is 0.826.